The van der Waals surface area contributed by atoms with E-state index in [9.17, 15) is 18.0 Å². The highest BCUT2D eigenvalue weighted by Gasteiger charge is 2.24. The standard InChI is InChI=1S/C19H22N6O4S2/c1-24-9-2-3-16(24)23-31(28,29)15-6-4-13(5-7-15)21-17(26)11-14-12-30-19(22-14)25-10-8-20-18(25)27/h4-7,12H,2-3,8-11H2,1H3,(H,20,27)(H,21,26)/b23-16+. The molecule has 0 atom stereocenters. The van der Waals surface area contributed by atoms with E-state index in [-0.39, 0.29) is 23.3 Å². The molecule has 31 heavy (non-hydrogen) atoms. The highest BCUT2D eigenvalue weighted by molar-refractivity contribution is 7.90. The van der Waals surface area contributed by atoms with Crippen LogP contribution >= 0.6 is 11.3 Å². The van der Waals surface area contributed by atoms with E-state index in [2.05, 4.69) is 20.0 Å². The molecule has 3 heterocycles. The van der Waals surface area contributed by atoms with Crippen molar-refractivity contribution in [1.82, 2.24) is 15.2 Å². The first kappa shape index (κ1) is 21.2. The van der Waals surface area contributed by atoms with Crippen molar-refractivity contribution in [2.45, 2.75) is 24.2 Å². The number of amidine groups is 1. The molecule has 2 aliphatic heterocycles. The summed E-state index contributed by atoms with van der Waals surface area (Å²) in [6.07, 6.45) is 1.58. The molecule has 3 amide bonds. The van der Waals surface area contributed by atoms with Gasteiger partial charge in [0.1, 0.15) is 5.84 Å². The van der Waals surface area contributed by atoms with Crippen LogP contribution in [0.4, 0.5) is 15.6 Å². The van der Waals surface area contributed by atoms with Gasteiger partial charge in [-0.1, -0.05) is 0 Å². The van der Waals surface area contributed by atoms with Crippen molar-refractivity contribution in [2.75, 3.05) is 36.9 Å². The number of benzene rings is 1. The number of anilines is 2. The van der Waals surface area contributed by atoms with Crippen LogP contribution in [-0.2, 0) is 21.2 Å². The molecular weight excluding hydrogens is 440 g/mol. The van der Waals surface area contributed by atoms with Crippen LogP contribution in [0.3, 0.4) is 0 Å². The van der Waals surface area contributed by atoms with E-state index in [1.54, 1.807) is 5.38 Å². The van der Waals surface area contributed by atoms with E-state index in [1.807, 2.05) is 11.9 Å². The van der Waals surface area contributed by atoms with Gasteiger partial charge in [0.2, 0.25) is 5.91 Å². The Morgan fingerprint density at radius 1 is 1.29 bits per heavy atom. The number of carbonyl (C=O) groups is 2. The highest BCUT2D eigenvalue weighted by atomic mass is 32.2. The van der Waals surface area contributed by atoms with Crippen LogP contribution in [0.1, 0.15) is 18.5 Å². The second kappa shape index (κ2) is 8.63. The number of nitrogens with zero attached hydrogens (tertiary/aromatic N) is 4. The summed E-state index contributed by atoms with van der Waals surface area (Å²) in [4.78, 5) is 31.9. The van der Waals surface area contributed by atoms with Gasteiger partial charge in [-0.2, -0.15) is 8.42 Å². The summed E-state index contributed by atoms with van der Waals surface area (Å²) in [5.74, 6) is 0.276. The molecule has 2 fully saturated rings. The van der Waals surface area contributed by atoms with Gasteiger partial charge in [-0.15, -0.1) is 15.7 Å². The number of rotatable bonds is 6. The van der Waals surface area contributed by atoms with Crippen molar-refractivity contribution in [3.63, 3.8) is 0 Å². The largest absolute Gasteiger partial charge is 0.362 e. The van der Waals surface area contributed by atoms with Crippen molar-refractivity contribution in [2.24, 2.45) is 4.40 Å². The number of amides is 3. The topological polar surface area (TPSA) is 124 Å². The van der Waals surface area contributed by atoms with Crippen LogP contribution in [0.5, 0.6) is 0 Å². The fourth-order valence-corrected chi connectivity index (χ4v) is 5.28. The molecule has 4 rings (SSSR count). The second-order valence-corrected chi connectivity index (χ2v) is 9.70. The monoisotopic (exact) mass is 462 g/mol. The van der Waals surface area contributed by atoms with Crippen LogP contribution in [0.2, 0.25) is 0 Å². The molecule has 1 aromatic heterocycles. The first-order valence-electron chi connectivity index (χ1n) is 9.76. The predicted octanol–water partition coefficient (Wildman–Crippen LogP) is 1.67. The molecule has 0 aliphatic carbocycles. The maximum atomic E-state index is 12.5. The average molecular weight is 463 g/mol. The van der Waals surface area contributed by atoms with Gasteiger partial charge in [0.15, 0.2) is 5.13 Å². The Morgan fingerprint density at radius 2 is 2.06 bits per heavy atom. The van der Waals surface area contributed by atoms with E-state index in [0.717, 1.165) is 13.0 Å². The number of carbonyl (C=O) groups excluding carboxylic acids is 2. The third-order valence-electron chi connectivity index (χ3n) is 4.97. The van der Waals surface area contributed by atoms with Crippen molar-refractivity contribution in [3.8, 4) is 0 Å². The maximum absolute atomic E-state index is 12.5. The maximum Gasteiger partial charge on any atom is 0.323 e. The Bertz CT molecular complexity index is 1130. The average Bonchev–Trinajstić information content (AvgIpc) is 3.44. The number of likely N-dealkylation sites (tertiary alicyclic amines) is 1. The summed E-state index contributed by atoms with van der Waals surface area (Å²) >= 11 is 1.31. The zero-order valence-corrected chi connectivity index (χ0v) is 18.5. The lowest BCUT2D eigenvalue weighted by atomic mass is 10.3. The van der Waals surface area contributed by atoms with E-state index >= 15 is 0 Å². The SMILES string of the molecule is CN1CCC/C1=N\S(=O)(=O)c1ccc(NC(=O)Cc2csc(N3CCNC3=O)n2)cc1. The molecule has 10 nitrogen and oxygen atoms in total. The fourth-order valence-electron chi connectivity index (χ4n) is 3.34. The Labute approximate surface area is 184 Å². The van der Waals surface area contributed by atoms with Gasteiger partial charge >= 0.3 is 6.03 Å². The molecule has 0 unspecified atom stereocenters. The summed E-state index contributed by atoms with van der Waals surface area (Å²) in [6, 6.07) is 5.73. The minimum absolute atomic E-state index is 0.0476. The number of urea groups is 1. The lowest BCUT2D eigenvalue weighted by molar-refractivity contribution is -0.115. The molecule has 2 saturated heterocycles. The highest BCUT2D eigenvalue weighted by Crippen LogP contribution is 2.23. The second-order valence-electron chi connectivity index (χ2n) is 7.26. The predicted molar refractivity (Wildman–Crippen MR) is 118 cm³/mol. The first-order chi connectivity index (χ1) is 14.8. The number of sulfonamides is 1. The molecule has 2 N–H and O–H groups in total. The summed E-state index contributed by atoms with van der Waals surface area (Å²) in [6.45, 7) is 1.92. The third kappa shape index (κ3) is 4.85. The summed E-state index contributed by atoms with van der Waals surface area (Å²) in [7, 11) is -1.97. The Hall–Kier alpha value is -2.99. The lowest BCUT2D eigenvalue weighted by Crippen LogP contribution is -2.27. The van der Waals surface area contributed by atoms with Gasteiger partial charge in [-0.25, -0.2) is 9.78 Å². The van der Waals surface area contributed by atoms with Crippen LogP contribution in [0.25, 0.3) is 0 Å². The van der Waals surface area contributed by atoms with Gasteiger partial charge in [0.05, 0.1) is 17.0 Å². The van der Waals surface area contributed by atoms with Crippen molar-refractivity contribution < 1.29 is 18.0 Å². The van der Waals surface area contributed by atoms with Crippen molar-refractivity contribution in [1.29, 1.82) is 0 Å². The van der Waals surface area contributed by atoms with Gasteiger partial charge in [-0.3, -0.25) is 9.69 Å². The van der Waals surface area contributed by atoms with Gasteiger partial charge in [0, 0.05) is 44.2 Å². The minimum atomic E-state index is -3.79. The third-order valence-corrected chi connectivity index (χ3v) is 7.20. The number of aromatic nitrogens is 1. The molecule has 2 aromatic rings. The molecule has 1 aromatic carbocycles. The summed E-state index contributed by atoms with van der Waals surface area (Å²) in [5.41, 5.74) is 1.04. The van der Waals surface area contributed by atoms with Gasteiger partial charge in [-0.05, 0) is 30.7 Å². The van der Waals surface area contributed by atoms with Crippen molar-refractivity contribution in [3.05, 3.63) is 35.3 Å². The van der Waals surface area contributed by atoms with Crippen molar-refractivity contribution >= 4 is 50.0 Å². The Kier molecular flexibility index (Phi) is 5.92. The smallest absolute Gasteiger partial charge is 0.323 e. The molecular formula is C19H22N6O4S2. The van der Waals surface area contributed by atoms with Crippen LogP contribution < -0.4 is 15.5 Å². The Morgan fingerprint density at radius 3 is 2.71 bits per heavy atom. The minimum Gasteiger partial charge on any atom is -0.362 e. The summed E-state index contributed by atoms with van der Waals surface area (Å²) in [5, 5.41) is 7.74. The number of hydrogen-bond donors (Lipinski definition) is 2. The van der Waals surface area contributed by atoms with E-state index < -0.39 is 10.0 Å². The quantitative estimate of drug-likeness (QED) is 0.673. The van der Waals surface area contributed by atoms with E-state index in [4.69, 9.17) is 0 Å². The number of nitrogens with one attached hydrogen (secondary N) is 2. The molecule has 0 bridgehead atoms. The lowest BCUT2D eigenvalue weighted by Gasteiger charge is -2.11. The molecule has 2 aliphatic rings. The van der Waals surface area contributed by atoms with Gasteiger partial charge in [0.25, 0.3) is 10.0 Å². The fraction of sp³-hybridized carbons (Fsp3) is 0.368. The van der Waals surface area contributed by atoms with Gasteiger partial charge < -0.3 is 15.5 Å². The normalized spacial score (nSPS) is 18.0. The molecule has 0 radical (unpaired) electrons. The zero-order valence-electron chi connectivity index (χ0n) is 16.9. The number of thiazole rings is 1. The van der Waals surface area contributed by atoms with Crippen LogP contribution in [-0.4, -0.2) is 62.8 Å². The van der Waals surface area contributed by atoms with E-state index in [1.165, 1.54) is 40.5 Å². The molecule has 164 valence electrons. The molecule has 12 heteroatoms. The van der Waals surface area contributed by atoms with Crippen LogP contribution in [0, 0.1) is 0 Å². The Balaban J connectivity index is 1.37. The zero-order chi connectivity index (χ0) is 22.0. The van der Waals surface area contributed by atoms with Crippen LogP contribution in [0.15, 0.2) is 38.9 Å². The molecule has 0 spiro atoms. The number of hydrogen-bond acceptors (Lipinski definition) is 6. The molecule has 0 saturated carbocycles. The summed E-state index contributed by atoms with van der Waals surface area (Å²) < 4.78 is 28.9. The van der Waals surface area contributed by atoms with E-state index in [0.29, 0.717) is 41.9 Å². The first-order valence-corrected chi connectivity index (χ1v) is 12.1.